The van der Waals surface area contributed by atoms with Crippen molar-refractivity contribution in [3.63, 3.8) is 0 Å². The smallest absolute Gasteiger partial charge is 0.338 e. The van der Waals surface area contributed by atoms with Gasteiger partial charge in [0.2, 0.25) is 0 Å². The first-order valence-corrected chi connectivity index (χ1v) is 12.1. The molecule has 0 saturated heterocycles. The predicted molar refractivity (Wildman–Crippen MR) is 143 cm³/mol. The zero-order valence-electron chi connectivity index (χ0n) is 23.3. The first-order valence-electron chi connectivity index (χ1n) is 12.1. The third kappa shape index (κ3) is 5.88. The first-order chi connectivity index (χ1) is 17.5. The van der Waals surface area contributed by atoms with Crippen molar-refractivity contribution in [2.24, 2.45) is 10.8 Å². The molecule has 1 heterocycles. The van der Waals surface area contributed by atoms with E-state index in [9.17, 15) is 19.2 Å². The minimum atomic E-state index is -0.892. The summed E-state index contributed by atoms with van der Waals surface area (Å²) in [6.07, 6.45) is 0. The molecule has 1 aliphatic heterocycles. The Morgan fingerprint density at radius 1 is 0.895 bits per heavy atom. The fourth-order valence-corrected chi connectivity index (χ4v) is 3.47. The number of ether oxygens (including phenoxy) is 2. The predicted octanol–water partition coefficient (Wildman–Crippen LogP) is 5.43. The monoisotopic (exact) mass is 522 g/mol. The van der Waals surface area contributed by atoms with Crippen LogP contribution in [0, 0.1) is 17.8 Å². The lowest BCUT2D eigenvalue weighted by Crippen LogP contribution is -2.35. The van der Waals surface area contributed by atoms with Crippen LogP contribution in [0.25, 0.3) is 5.57 Å². The topological polar surface area (TPSA) is 111 Å². The Hall–Kier alpha value is -4.14. The van der Waals surface area contributed by atoms with Crippen LogP contribution in [0.2, 0.25) is 0 Å². The molecule has 2 aromatic rings. The lowest BCUT2D eigenvalue weighted by Gasteiger charge is -2.22. The number of carbonyl (C=O) groups excluding carboxylic acids is 4. The summed E-state index contributed by atoms with van der Waals surface area (Å²) in [6.45, 7) is 13.5. The summed E-state index contributed by atoms with van der Waals surface area (Å²) in [5.41, 5.74) is 0.654. The Kier molecular flexibility index (Phi) is 7.72. The van der Waals surface area contributed by atoms with Gasteiger partial charge >= 0.3 is 11.9 Å². The molecule has 1 N–H and O–H groups in total. The van der Waals surface area contributed by atoms with Crippen molar-refractivity contribution in [3.05, 3.63) is 58.8 Å². The fourth-order valence-electron chi connectivity index (χ4n) is 3.47. The molecule has 0 spiro atoms. The number of methoxy groups -OCH3 is 1. The zero-order chi connectivity index (χ0) is 28.6. The maximum absolute atomic E-state index is 13.5. The van der Waals surface area contributed by atoms with E-state index in [2.05, 4.69) is 5.32 Å². The molecular weight excluding hydrogens is 488 g/mol. The van der Waals surface area contributed by atoms with Crippen LogP contribution in [0.4, 0.5) is 11.4 Å². The molecule has 0 aliphatic carbocycles. The van der Waals surface area contributed by atoms with Crippen molar-refractivity contribution in [2.45, 2.75) is 55.4 Å². The van der Waals surface area contributed by atoms with Gasteiger partial charge in [-0.25, -0.2) is 4.79 Å². The third-order valence-electron chi connectivity index (χ3n) is 5.81. The molecule has 0 fully saturated rings. The van der Waals surface area contributed by atoms with Crippen molar-refractivity contribution in [2.75, 3.05) is 17.5 Å². The van der Waals surface area contributed by atoms with Gasteiger partial charge < -0.3 is 19.6 Å². The molecule has 0 radical (unpaired) electrons. The molecule has 0 atom stereocenters. The van der Waals surface area contributed by atoms with Crippen molar-refractivity contribution in [3.8, 4) is 5.75 Å². The summed E-state index contributed by atoms with van der Waals surface area (Å²) < 4.78 is 10.8. The number of nitrogens with zero attached hydrogens (tertiary/aromatic N) is 1. The van der Waals surface area contributed by atoms with Gasteiger partial charge in [-0.2, -0.15) is 0 Å². The highest BCUT2D eigenvalue weighted by molar-refractivity contribution is 6.32. The number of hydrogen-bond donors (Lipinski definition) is 1. The quantitative estimate of drug-likeness (QED) is 0.317. The van der Waals surface area contributed by atoms with E-state index in [1.807, 2.05) is 6.92 Å². The molecular formula is C29H34N2O7. The van der Waals surface area contributed by atoms with Crippen molar-refractivity contribution in [1.82, 2.24) is 0 Å². The molecule has 0 saturated carbocycles. The number of benzene rings is 2. The number of fused-ring (bicyclic) bond motifs is 1. The van der Waals surface area contributed by atoms with Crippen LogP contribution in [0.15, 0.2) is 42.2 Å². The molecule has 202 valence electrons. The number of hydrogen-bond acceptors (Lipinski definition) is 7. The van der Waals surface area contributed by atoms with Crippen LogP contribution < -0.4 is 15.1 Å². The normalized spacial score (nSPS) is 14.6. The highest BCUT2D eigenvalue weighted by atomic mass is 16.7. The summed E-state index contributed by atoms with van der Waals surface area (Å²) in [6, 6.07) is 9.83. The van der Waals surface area contributed by atoms with Crippen LogP contribution in [0.3, 0.4) is 0 Å². The molecule has 0 bridgehead atoms. The maximum Gasteiger partial charge on any atom is 0.338 e. The van der Waals surface area contributed by atoms with Crippen LogP contribution in [0.1, 0.15) is 70.0 Å². The maximum atomic E-state index is 13.5. The van der Waals surface area contributed by atoms with Gasteiger partial charge in [-0.15, -0.1) is 5.06 Å². The lowest BCUT2D eigenvalue weighted by atomic mass is 9.97. The number of anilines is 2. The SMILES string of the molecule is COc1cc(C(=O)Nc2ccc3c(c2)N(OC(=O)C(C)(C)C)C(=O)/C3=C(/C)OC(=O)C(C)(C)C)ccc1C. The van der Waals surface area contributed by atoms with E-state index >= 15 is 0 Å². The summed E-state index contributed by atoms with van der Waals surface area (Å²) in [7, 11) is 1.53. The minimum Gasteiger partial charge on any atom is -0.496 e. The lowest BCUT2D eigenvalue weighted by molar-refractivity contribution is -0.157. The Bertz CT molecular complexity index is 1340. The highest BCUT2D eigenvalue weighted by Gasteiger charge is 2.40. The number of aryl methyl sites for hydroxylation is 1. The van der Waals surface area contributed by atoms with Crippen molar-refractivity contribution in [1.29, 1.82) is 0 Å². The van der Waals surface area contributed by atoms with E-state index in [1.165, 1.54) is 20.1 Å². The highest BCUT2D eigenvalue weighted by Crippen LogP contribution is 2.41. The number of amides is 2. The van der Waals surface area contributed by atoms with Gasteiger partial charge in [-0.05, 0) is 91.3 Å². The largest absolute Gasteiger partial charge is 0.496 e. The van der Waals surface area contributed by atoms with Gasteiger partial charge in [0.1, 0.15) is 11.5 Å². The number of allylic oxidation sites excluding steroid dienone is 1. The third-order valence-corrected chi connectivity index (χ3v) is 5.81. The van der Waals surface area contributed by atoms with E-state index in [0.717, 1.165) is 10.6 Å². The number of esters is 1. The Balaban J connectivity index is 2.03. The first kappa shape index (κ1) is 28.4. The van der Waals surface area contributed by atoms with Gasteiger partial charge in [0.05, 0.1) is 29.2 Å². The molecule has 0 aromatic heterocycles. The second-order valence-electron chi connectivity index (χ2n) is 11.2. The number of carbonyl (C=O) groups is 4. The average molecular weight is 523 g/mol. The molecule has 1 aliphatic rings. The average Bonchev–Trinajstić information content (AvgIpc) is 3.08. The van der Waals surface area contributed by atoms with Crippen molar-refractivity contribution >= 4 is 40.7 Å². The van der Waals surface area contributed by atoms with Crippen molar-refractivity contribution < 1.29 is 33.5 Å². The number of nitrogens with one attached hydrogen (secondary N) is 1. The molecule has 3 rings (SSSR count). The summed E-state index contributed by atoms with van der Waals surface area (Å²) in [5, 5.41) is 3.67. The second kappa shape index (κ2) is 10.3. The summed E-state index contributed by atoms with van der Waals surface area (Å²) in [4.78, 5) is 57.1. The molecule has 2 amide bonds. The van der Waals surface area contributed by atoms with Crippen LogP contribution in [0.5, 0.6) is 5.75 Å². The van der Waals surface area contributed by atoms with Gasteiger partial charge in [-0.3, -0.25) is 14.4 Å². The van der Waals surface area contributed by atoms with E-state index in [0.29, 0.717) is 22.6 Å². The Morgan fingerprint density at radius 3 is 2.11 bits per heavy atom. The molecule has 0 unspecified atom stereocenters. The van der Waals surface area contributed by atoms with Crippen LogP contribution in [-0.4, -0.2) is 30.9 Å². The van der Waals surface area contributed by atoms with E-state index in [-0.39, 0.29) is 17.0 Å². The van der Waals surface area contributed by atoms with Crippen LogP contribution in [-0.2, 0) is 24.0 Å². The zero-order valence-corrected chi connectivity index (χ0v) is 23.3. The van der Waals surface area contributed by atoms with E-state index < -0.39 is 34.6 Å². The van der Waals surface area contributed by atoms with Gasteiger partial charge in [0.15, 0.2) is 0 Å². The van der Waals surface area contributed by atoms with Gasteiger partial charge in [-0.1, -0.05) is 6.07 Å². The molecule has 38 heavy (non-hydrogen) atoms. The van der Waals surface area contributed by atoms with Crippen LogP contribution >= 0.6 is 0 Å². The summed E-state index contributed by atoms with van der Waals surface area (Å²) >= 11 is 0. The number of hydroxylamine groups is 1. The Labute approximate surface area is 222 Å². The molecule has 9 heteroatoms. The Morgan fingerprint density at radius 2 is 1.53 bits per heavy atom. The standard InChI is InChI=1S/C29H34N2O7/c1-16-10-11-18(14-22(16)36-9)24(32)30-19-12-13-20-21(15-19)31(38-27(35)29(6,7)8)25(33)23(20)17(2)37-26(34)28(3,4)5/h10-15H,1-9H3,(H,30,32)/b23-17-. The second-order valence-corrected chi connectivity index (χ2v) is 11.2. The fraction of sp³-hybridized carbons (Fsp3) is 0.379. The van der Waals surface area contributed by atoms with E-state index in [1.54, 1.807) is 71.9 Å². The number of rotatable bonds is 5. The van der Waals surface area contributed by atoms with Gasteiger partial charge in [0.25, 0.3) is 11.8 Å². The minimum absolute atomic E-state index is 0.0778. The van der Waals surface area contributed by atoms with Gasteiger partial charge in [0, 0.05) is 16.8 Å². The summed E-state index contributed by atoms with van der Waals surface area (Å²) in [5.74, 6) is -1.55. The molecule has 2 aromatic carbocycles. The molecule has 9 nitrogen and oxygen atoms in total. The van der Waals surface area contributed by atoms with E-state index in [4.69, 9.17) is 14.3 Å².